The molecule has 0 saturated heterocycles. The molecule has 1 atom stereocenters. The summed E-state index contributed by atoms with van der Waals surface area (Å²) in [5.41, 5.74) is 2.99. The normalized spacial score (nSPS) is 25.6. The van der Waals surface area contributed by atoms with Crippen LogP contribution in [0.25, 0.3) is 11.1 Å². The molecular weight excluding hydrogens is 240 g/mol. The molecule has 1 aliphatic rings. The molecule has 1 aliphatic carbocycles. The van der Waals surface area contributed by atoms with Crippen LogP contribution < -0.4 is 5.32 Å². The van der Waals surface area contributed by atoms with Gasteiger partial charge in [-0.25, -0.2) is 4.98 Å². The van der Waals surface area contributed by atoms with Crippen molar-refractivity contribution in [3.8, 4) is 0 Å². The highest BCUT2D eigenvalue weighted by atomic mass is 16.3. The summed E-state index contributed by atoms with van der Waals surface area (Å²) in [5.74, 6) is 0.578. The van der Waals surface area contributed by atoms with Crippen LogP contribution in [0.3, 0.4) is 0 Å². The summed E-state index contributed by atoms with van der Waals surface area (Å²) in [4.78, 5) is 4.15. The number of aromatic nitrogens is 1. The monoisotopic (exact) mass is 260 g/mol. The lowest BCUT2D eigenvalue weighted by molar-refractivity contribution is 0.0981. The van der Waals surface area contributed by atoms with Crippen molar-refractivity contribution in [3.63, 3.8) is 0 Å². The molecule has 1 unspecified atom stereocenters. The van der Waals surface area contributed by atoms with Gasteiger partial charge < -0.3 is 14.8 Å². The molecule has 1 fully saturated rings. The van der Waals surface area contributed by atoms with Crippen LogP contribution in [-0.4, -0.2) is 23.2 Å². The fourth-order valence-corrected chi connectivity index (χ4v) is 3.17. The summed E-state index contributed by atoms with van der Waals surface area (Å²) in [6, 6.07) is 6.53. The standard InChI is InChI=1S/C15H20N2O2/c1-16-15(10-2-5-12(18)6-3-10)11-4-7-13-14(8-11)19-9-17-13/h4,7-10,12,15-16,18H,2-3,5-6H2,1H3. The Morgan fingerprint density at radius 3 is 2.84 bits per heavy atom. The van der Waals surface area contributed by atoms with E-state index in [2.05, 4.69) is 22.4 Å². The third kappa shape index (κ3) is 2.51. The summed E-state index contributed by atoms with van der Waals surface area (Å²) in [6.07, 6.45) is 5.34. The zero-order chi connectivity index (χ0) is 13.2. The minimum absolute atomic E-state index is 0.106. The Hall–Kier alpha value is -1.39. The van der Waals surface area contributed by atoms with E-state index in [0.717, 1.165) is 36.8 Å². The third-order valence-electron chi connectivity index (χ3n) is 4.24. The number of rotatable bonds is 3. The summed E-state index contributed by atoms with van der Waals surface area (Å²) in [6.45, 7) is 0. The van der Waals surface area contributed by atoms with Gasteiger partial charge in [-0.15, -0.1) is 0 Å². The van der Waals surface area contributed by atoms with Crippen molar-refractivity contribution in [2.24, 2.45) is 5.92 Å². The van der Waals surface area contributed by atoms with Crippen LogP contribution in [0.4, 0.5) is 0 Å². The first-order valence-electron chi connectivity index (χ1n) is 6.96. The number of aliphatic hydroxyl groups is 1. The quantitative estimate of drug-likeness (QED) is 0.890. The molecule has 1 heterocycles. The Labute approximate surface area is 112 Å². The molecule has 3 rings (SSSR count). The summed E-state index contributed by atoms with van der Waals surface area (Å²) < 4.78 is 5.38. The largest absolute Gasteiger partial charge is 0.443 e. The van der Waals surface area contributed by atoms with Gasteiger partial charge in [0.05, 0.1) is 6.10 Å². The van der Waals surface area contributed by atoms with Crippen molar-refractivity contribution in [3.05, 3.63) is 30.2 Å². The predicted octanol–water partition coefficient (Wildman–Crippen LogP) is 2.64. The van der Waals surface area contributed by atoms with Gasteiger partial charge in [0.2, 0.25) is 0 Å². The lowest BCUT2D eigenvalue weighted by atomic mass is 9.80. The van der Waals surface area contributed by atoms with Crippen molar-refractivity contribution >= 4 is 11.1 Å². The average Bonchev–Trinajstić information content (AvgIpc) is 2.89. The zero-order valence-corrected chi connectivity index (χ0v) is 11.2. The number of hydrogen-bond donors (Lipinski definition) is 2. The van der Waals surface area contributed by atoms with Crippen LogP contribution in [0.1, 0.15) is 37.3 Å². The van der Waals surface area contributed by atoms with Gasteiger partial charge in [-0.1, -0.05) is 6.07 Å². The first-order chi connectivity index (χ1) is 9.28. The Morgan fingerprint density at radius 1 is 1.32 bits per heavy atom. The van der Waals surface area contributed by atoms with Crippen LogP contribution in [-0.2, 0) is 0 Å². The number of nitrogens with one attached hydrogen (secondary N) is 1. The minimum Gasteiger partial charge on any atom is -0.443 e. The first kappa shape index (κ1) is 12.6. The minimum atomic E-state index is -0.106. The SMILES string of the molecule is CNC(c1ccc2ncoc2c1)C1CCC(O)CC1. The van der Waals surface area contributed by atoms with E-state index in [1.165, 1.54) is 12.0 Å². The van der Waals surface area contributed by atoms with Gasteiger partial charge in [-0.2, -0.15) is 0 Å². The smallest absolute Gasteiger partial charge is 0.181 e. The van der Waals surface area contributed by atoms with E-state index in [4.69, 9.17) is 4.42 Å². The molecule has 4 heteroatoms. The third-order valence-corrected chi connectivity index (χ3v) is 4.24. The lowest BCUT2D eigenvalue weighted by Crippen LogP contribution is -2.30. The van der Waals surface area contributed by atoms with E-state index in [1.807, 2.05) is 13.1 Å². The first-order valence-corrected chi connectivity index (χ1v) is 6.96. The van der Waals surface area contributed by atoms with Gasteiger partial charge >= 0.3 is 0 Å². The summed E-state index contributed by atoms with van der Waals surface area (Å²) >= 11 is 0. The Kier molecular flexibility index (Phi) is 3.53. The van der Waals surface area contributed by atoms with Gasteiger partial charge in [-0.3, -0.25) is 0 Å². The van der Waals surface area contributed by atoms with Gasteiger partial charge in [-0.05, 0) is 56.3 Å². The number of hydrogen-bond acceptors (Lipinski definition) is 4. The van der Waals surface area contributed by atoms with Crippen LogP contribution in [0, 0.1) is 5.92 Å². The molecule has 1 aromatic heterocycles. The zero-order valence-electron chi connectivity index (χ0n) is 11.2. The molecule has 0 amide bonds. The predicted molar refractivity (Wildman–Crippen MR) is 73.8 cm³/mol. The number of fused-ring (bicyclic) bond motifs is 1. The van der Waals surface area contributed by atoms with Crippen LogP contribution in [0.5, 0.6) is 0 Å². The topological polar surface area (TPSA) is 58.3 Å². The van der Waals surface area contributed by atoms with Gasteiger partial charge in [0.1, 0.15) is 5.52 Å². The van der Waals surface area contributed by atoms with Crippen molar-refractivity contribution in [1.82, 2.24) is 10.3 Å². The molecule has 102 valence electrons. The van der Waals surface area contributed by atoms with Crippen molar-refractivity contribution < 1.29 is 9.52 Å². The highest BCUT2D eigenvalue weighted by Gasteiger charge is 2.27. The van der Waals surface area contributed by atoms with E-state index in [0.29, 0.717) is 12.0 Å². The Morgan fingerprint density at radius 2 is 2.11 bits per heavy atom. The number of benzene rings is 1. The number of oxazole rings is 1. The van der Waals surface area contributed by atoms with Crippen LogP contribution in [0.2, 0.25) is 0 Å². The Balaban J connectivity index is 1.84. The maximum atomic E-state index is 9.62. The average molecular weight is 260 g/mol. The van der Waals surface area contributed by atoms with Gasteiger partial charge in [0, 0.05) is 6.04 Å². The molecule has 19 heavy (non-hydrogen) atoms. The van der Waals surface area contributed by atoms with Crippen molar-refractivity contribution in [2.45, 2.75) is 37.8 Å². The van der Waals surface area contributed by atoms with Crippen molar-refractivity contribution in [2.75, 3.05) is 7.05 Å². The molecule has 0 bridgehead atoms. The number of nitrogens with zero attached hydrogens (tertiary/aromatic N) is 1. The van der Waals surface area contributed by atoms with E-state index in [9.17, 15) is 5.11 Å². The highest BCUT2D eigenvalue weighted by molar-refractivity contribution is 5.72. The molecule has 0 spiro atoms. The van der Waals surface area contributed by atoms with Crippen LogP contribution >= 0.6 is 0 Å². The molecule has 2 aromatic rings. The second-order valence-corrected chi connectivity index (χ2v) is 5.41. The maximum absolute atomic E-state index is 9.62. The van der Waals surface area contributed by atoms with Crippen molar-refractivity contribution in [1.29, 1.82) is 0 Å². The molecule has 0 aliphatic heterocycles. The molecule has 4 nitrogen and oxygen atoms in total. The van der Waals surface area contributed by atoms with E-state index in [-0.39, 0.29) is 6.10 Å². The highest BCUT2D eigenvalue weighted by Crippen LogP contribution is 2.35. The fraction of sp³-hybridized carbons (Fsp3) is 0.533. The number of aliphatic hydroxyl groups excluding tert-OH is 1. The Bertz CT molecular complexity index is 544. The van der Waals surface area contributed by atoms with E-state index < -0.39 is 0 Å². The maximum Gasteiger partial charge on any atom is 0.181 e. The molecular formula is C15H20N2O2. The van der Waals surface area contributed by atoms with Crippen LogP contribution in [0.15, 0.2) is 29.0 Å². The molecule has 1 saturated carbocycles. The van der Waals surface area contributed by atoms with E-state index >= 15 is 0 Å². The second-order valence-electron chi connectivity index (χ2n) is 5.41. The lowest BCUT2D eigenvalue weighted by Gasteiger charge is -2.32. The molecule has 0 radical (unpaired) electrons. The van der Waals surface area contributed by atoms with E-state index in [1.54, 1.807) is 0 Å². The molecule has 1 aromatic carbocycles. The fourth-order valence-electron chi connectivity index (χ4n) is 3.17. The molecule has 2 N–H and O–H groups in total. The summed E-state index contributed by atoms with van der Waals surface area (Å²) in [5, 5.41) is 13.0. The second kappa shape index (κ2) is 5.31. The summed E-state index contributed by atoms with van der Waals surface area (Å²) in [7, 11) is 2.00. The van der Waals surface area contributed by atoms with Gasteiger partial charge in [0.15, 0.2) is 12.0 Å². The van der Waals surface area contributed by atoms with Gasteiger partial charge in [0.25, 0.3) is 0 Å².